The molecule has 0 aliphatic heterocycles. The highest BCUT2D eigenvalue weighted by Gasteiger charge is 2.06. The van der Waals surface area contributed by atoms with Gasteiger partial charge in [0.1, 0.15) is 11.5 Å². The first-order valence-electron chi connectivity index (χ1n) is 6.04. The molecule has 0 bridgehead atoms. The number of ether oxygens (including phenoxy) is 1. The van der Waals surface area contributed by atoms with E-state index in [1.165, 1.54) is 0 Å². The quantitative estimate of drug-likeness (QED) is 0.386. The fourth-order valence-corrected chi connectivity index (χ4v) is 2.10. The minimum absolute atomic E-state index is 0.0912. The fraction of sp³-hybridized carbons (Fsp3) is 0.133. The van der Waals surface area contributed by atoms with Crippen molar-refractivity contribution in [1.29, 1.82) is 0 Å². The summed E-state index contributed by atoms with van der Waals surface area (Å²) in [6, 6.07) is 11.2. The molecule has 20 heavy (non-hydrogen) atoms. The summed E-state index contributed by atoms with van der Waals surface area (Å²) in [4.78, 5) is 0. The maximum Gasteiger partial charge on any atom is 0.170 e. The summed E-state index contributed by atoms with van der Waals surface area (Å²) < 4.78 is 6.84. The van der Waals surface area contributed by atoms with E-state index in [1.54, 1.807) is 12.1 Å². The van der Waals surface area contributed by atoms with Crippen molar-refractivity contribution in [3.8, 4) is 11.5 Å². The van der Waals surface area contributed by atoms with Crippen molar-refractivity contribution in [2.45, 2.75) is 13.8 Å². The van der Waals surface area contributed by atoms with E-state index < -0.39 is 0 Å². The van der Waals surface area contributed by atoms with Crippen LogP contribution in [0.25, 0.3) is 0 Å². The number of nitrogens with two attached hydrogens (primary N) is 1. The SMILES string of the molecule is Cc1cc(Oc2ccc(/C(N)=N/O)c(C)c2)ccc1Br. The molecule has 3 N–H and O–H groups in total. The van der Waals surface area contributed by atoms with Crippen molar-refractivity contribution in [3.63, 3.8) is 0 Å². The molecule has 104 valence electrons. The number of nitrogens with zero attached hydrogens (tertiary/aromatic N) is 1. The minimum Gasteiger partial charge on any atom is -0.457 e. The first kappa shape index (κ1) is 14.4. The van der Waals surface area contributed by atoms with Crippen LogP contribution < -0.4 is 10.5 Å². The molecule has 0 atom stereocenters. The number of hydrogen-bond acceptors (Lipinski definition) is 3. The van der Waals surface area contributed by atoms with Crippen molar-refractivity contribution in [1.82, 2.24) is 0 Å². The van der Waals surface area contributed by atoms with Crippen LogP contribution in [0.1, 0.15) is 16.7 Å². The summed E-state index contributed by atoms with van der Waals surface area (Å²) >= 11 is 3.45. The molecule has 2 aromatic carbocycles. The zero-order chi connectivity index (χ0) is 14.7. The summed E-state index contributed by atoms with van der Waals surface area (Å²) in [5, 5.41) is 11.7. The lowest BCUT2D eigenvalue weighted by atomic mass is 10.1. The van der Waals surface area contributed by atoms with Gasteiger partial charge in [-0.05, 0) is 61.4 Å². The number of rotatable bonds is 3. The van der Waals surface area contributed by atoms with Gasteiger partial charge in [0.15, 0.2) is 5.84 Å². The van der Waals surface area contributed by atoms with Crippen molar-refractivity contribution < 1.29 is 9.94 Å². The first-order chi connectivity index (χ1) is 9.51. The molecular formula is C15H15BrN2O2. The standard InChI is InChI=1S/C15H15BrN2O2/c1-9-7-11(3-5-13(9)15(17)18-19)20-12-4-6-14(16)10(2)8-12/h3-8,19H,1-2H3,(H2,17,18). The molecule has 4 nitrogen and oxygen atoms in total. The van der Waals surface area contributed by atoms with Gasteiger partial charge in [-0.1, -0.05) is 21.1 Å². The van der Waals surface area contributed by atoms with Gasteiger partial charge >= 0.3 is 0 Å². The Bertz CT molecular complexity index is 669. The van der Waals surface area contributed by atoms with Crippen molar-refractivity contribution in [2.75, 3.05) is 0 Å². The number of amidine groups is 1. The number of benzene rings is 2. The summed E-state index contributed by atoms with van der Waals surface area (Å²) in [5.41, 5.74) is 8.26. The Balaban J connectivity index is 2.26. The van der Waals surface area contributed by atoms with Crippen molar-refractivity contribution in [2.24, 2.45) is 10.9 Å². The molecule has 0 saturated heterocycles. The zero-order valence-corrected chi connectivity index (χ0v) is 12.8. The second-order valence-corrected chi connectivity index (χ2v) is 5.33. The minimum atomic E-state index is 0.0912. The van der Waals surface area contributed by atoms with Crippen LogP contribution in [0.15, 0.2) is 46.0 Å². The Hall–Kier alpha value is -2.01. The van der Waals surface area contributed by atoms with Gasteiger partial charge in [-0.15, -0.1) is 0 Å². The molecule has 0 fully saturated rings. The fourth-order valence-electron chi connectivity index (χ4n) is 1.86. The highest BCUT2D eigenvalue weighted by atomic mass is 79.9. The molecule has 0 heterocycles. The Morgan fingerprint density at radius 3 is 2.25 bits per heavy atom. The number of oxime groups is 1. The normalized spacial score (nSPS) is 11.4. The molecule has 0 saturated carbocycles. The number of aryl methyl sites for hydroxylation is 2. The smallest absolute Gasteiger partial charge is 0.170 e. The maximum absolute atomic E-state index is 8.70. The molecule has 5 heteroatoms. The van der Waals surface area contributed by atoms with Gasteiger partial charge in [0.2, 0.25) is 0 Å². The molecule has 2 rings (SSSR count). The van der Waals surface area contributed by atoms with Gasteiger partial charge in [-0.25, -0.2) is 0 Å². The van der Waals surface area contributed by atoms with E-state index in [-0.39, 0.29) is 5.84 Å². The zero-order valence-electron chi connectivity index (χ0n) is 11.2. The summed E-state index contributed by atoms with van der Waals surface area (Å²) in [6.07, 6.45) is 0. The topological polar surface area (TPSA) is 67.8 Å². The Morgan fingerprint density at radius 2 is 1.70 bits per heavy atom. The highest BCUT2D eigenvalue weighted by Crippen LogP contribution is 2.27. The van der Waals surface area contributed by atoms with Crippen LogP contribution in [0.2, 0.25) is 0 Å². The summed E-state index contributed by atoms with van der Waals surface area (Å²) in [5.74, 6) is 1.56. The second kappa shape index (κ2) is 5.96. The summed E-state index contributed by atoms with van der Waals surface area (Å²) in [7, 11) is 0. The van der Waals surface area contributed by atoms with Crippen molar-refractivity contribution >= 4 is 21.8 Å². The molecule has 0 spiro atoms. The molecule has 0 unspecified atom stereocenters. The van der Waals surface area contributed by atoms with Gasteiger partial charge in [0, 0.05) is 10.0 Å². The lowest BCUT2D eigenvalue weighted by molar-refractivity contribution is 0.318. The lowest BCUT2D eigenvalue weighted by Crippen LogP contribution is -2.14. The Kier molecular flexibility index (Phi) is 4.29. The monoisotopic (exact) mass is 334 g/mol. The average Bonchev–Trinajstić information content (AvgIpc) is 2.42. The lowest BCUT2D eigenvalue weighted by Gasteiger charge is -2.10. The van der Waals surface area contributed by atoms with Crippen LogP contribution in [0.4, 0.5) is 0 Å². The van der Waals surface area contributed by atoms with Crippen LogP contribution in [-0.2, 0) is 0 Å². The van der Waals surface area contributed by atoms with Crippen LogP contribution in [0.5, 0.6) is 11.5 Å². The molecule has 0 aromatic heterocycles. The maximum atomic E-state index is 8.70. The van der Waals surface area contributed by atoms with Crippen LogP contribution in [-0.4, -0.2) is 11.0 Å². The van der Waals surface area contributed by atoms with E-state index in [0.29, 0.717) is 11.3 Å². The summed E-state index contributed by atoms with van der Waals surface area (Å²) in [6.45, 7) is 3.89. The molecule has 0 amide bonds. The predicted molar refractivity (Wildman–Crippen MR) is 82.6 cm³/mol. The van der Waals surface area contributed by atoms with Gasteiger partial charge in [0.25, 0.3) is 0 Å². The van der Waals surface area contributed by atoms with Gasteiger partial charge in [-0.2, -0.15) is 0 Å². The third-order valence-electron chi connectivity index (χ3n) is 2.95. The predicted octanol–water partition coefficient (Wildman–Crippen LogP) is 3.95. The molecule has 0 aliphatic rings. The van der Waals surface area contributed by atoms with Crippen LogP contribution in [0, 0.1) is 13.8 Å². The van der Waals surface area contributed by atoms with E-state index in [2.05, 4.69) is 21.1 Å². The van der Waals surface area contributed by atoms with E-state index in [4.69, 9.17) is 15.7 Å². The van der Waals surface area contributed by atoms with Crippen molar-refractivity contribution in [3.05, 3.63) is 57.6 Å². The molecular weight excluding hydrogens is 320 g/mol. The molecule has 0 aliphatic carbocycles. The van der Waals surface area contributed by atoms with E-state index in [9.17, 15) is 0 Å². The largest absolute Gasteiger partial charge is 0.457 e. The third-order valence-corrected chi connectivity index (χ3v) is 3.84. The van der Waals surface area contributed by atoms with Gasteiger partial charge in [-0.3, -0.25) is 0 Å². The first-order valence-corrected chi connectivity index (χ1v) is 6.83. The van der Waals surface area contributed by atoms with E-state index in [1.807, 2.05) is 38.1 Å². The number of halogens is 1. The number of hydrogen-bond donors (Lipinski definition) is 2. The third kappa shape index (κ3) is 3.11. The molecule has 0 radical (unpaired) electrons. The van der Waals surface area contributed by atoms with E-state index >= 15 is 0 Å². The van der Waals surface area contributed by atoms with E-state index in [0.717, 1.165) is 21.3 Å². The average molecular weight is 335 g/mol. The van der Waals surface area contributed by atoms with Crippen LogP contribution in [0.3, 0.4) is 0 Å². The Morgan fingerprint density at radius 1 is 1.10 bits per heavy atom. The highest BCUT2D eigenvalue weighted by molar-refractivity contribution is 9.10. The van der Waals surface area contributed by atoms with Gasteiger partial charge < -0.3 is 15.7 Å². The molecule has 2 aromatic rings. The van der Waals surface area contributed by atoms with Crippen LogP contribution >= 0.6 is 15.9 Å². The van der Waals surface area contributed by atoms with Gasteiger partial charge in [0.05, 0.1) is 0 Å². The Labute approximate surface area is 126 Å². The second-order valence-electron chi connectivity index (χ2n) is 4.48.